The van der Waals surface area contributed by atoms with E-state index in [0.717, 1.165) is 32.7 Å². The fraction of sp³-hybridized carbons (Fsp3) is 0. The molecule has 0 unspecified atom stereocenters. The molecule has 1 N–H and O–H groups in total. The summed E-state index contributed by atoms with van der Waals surface area (Å²) >= 11 is 9.28. The van der Waals surface area contributed by atoms with Gasteiger partial charge in [0.15, 0.2) is 10.6 Å². The molecular weight excluding hydrogens is 360 g/mol. The second kappa shape index (κ2) is 7.19. The van der Waals surface area contributed by atoms with Gasteiger partial charge in [-0.3, -0.25) is 0 Å². The lowest BCUT2D eigenvalue weighted by Crippen LogP contribution is -1.91. The number of hydrogen-bond acceptors (Lipinski definition) is 5. The predicted octanol–water partition coefficient (Wildman–Crippen LogP) is 5.22. The molecule has 0 bridgehead atoms. The summed E-state index contributed by atoms with van der Waals surface area (Å²) < 4.78 is 0.454. The Bertz CT molecular complexity index is 1070. The van der Waals surface area contributed by atoms with Crippen molar-refractivity contribution in [3.05, 3.63) is 78.1 Å². The Morgan fingerprint density at radius 1 is 0.654 bits per heavy atom. The summed E-state index contributed by atoms with van der Waals surface area (Å²) in [6.07, 6.45) is 7.09. The molecule has 0 aliphatic heterocycles. The van der Waals surface area contributed by atoms with E-state index in [1.807, 2.05) is 24.3 Å². The Labute approximate surface area is 161 Å². The Kier molecular flexibility index (Phi) is 4.60. The van der Waals surface area contributed by atoms with Crippen molar-refractivity contribution in [2.45, 2.75) is 4.90 Å². The molecule has 0 amide bonds. The fourth-order valence-corrected chi connectivity index (χ4v) is 2.85. The van der Waals surface area contributed by atoms with Crippen LogP contribution in [0.2, 0.25) is 0 Å². The van der Waals surface area contributed by atoms with Crippen molar-refractivity contribution in [1.29, 1.82) is 0 Å². The van der Waals surface area contributed by atoms with Crippen LogP contribution >= 0.6 is 24.8 Å². The molecule has 2 aromatic carbocycles. The summed E-state index contributed by atoms with van der Waals surface area (Å²) in [5, 5.41) is 0. The Morgan fingerprint density at radius 3 is 1.77 bits per heavy atom. The third kappa shape index (κ3) is 3.56. The van der Waals surface area contributed by atoms with Crippen molar-refractivity contribution in [2.75, 3.05) is 0 Å². The second-order valence-electron chi connectivity index (χ2n) is 5.73. The van der Waals surface area contributed by atoms with E-state index in [4.69, 9.17) is 12.2 Å². The lowest BCUT2D eigenvalue weighted by Gasteiger charge is -2.05. The summed E-state index contributed by atoms with van der Waals surface area (Å²) in [4.78, 5) is 16.9. The van der Waals surface area contributed by atoms with Crippen molar-refractivity contribution in [2.24, 2.45) is 0 Å². The number of aromatic nitrogens is 4. The molecular formula is C20H14N4S2. The smallest absolute Gasteiger partial charge is 0.196 e. The van der Waals surface area contributed by atoms with Gasteiger partial charge in [0.2, 0.25) is 0 Å². The van der Waals surface area contributed by atoms with Crippen molar-refractivity contribution in [1.82, 2.24) is 19.9 Å². The molecule has 0 atom stereocenters. The maximum atomic E-state index is 4.96. The van der Waals surface area contributed by atoms with Crippen LogP contribution in [-0.4, -0.2) is 19.9 Å². The first-order valence-corrected chi connectivity index (χ1v) is 8.81. The molecule has 0 saturated carbocycles. The first-order chi connectivity index (χ1) is 12.7. The second-order valence-corrected chi connectivity index (χ2v) is 6.63. The third-order valence-corrected chi connectivity index (χ3v) is 4.52. The molecule has 0 aliphatic carbocycles. The molecule has 2 heterocycles. The molecule has 4 nitrogen and oxygen atoms in total. The van der Waals surface area contributed by atoms with Gasteiger partial charge in [-0.25, -0.2) is 15.0 Å². The van der Waals surface area contributed by atoms with Gasteiger partial charge in [-0.1, -0.05) is 36.4 Å². The van der Waals surface area contributed by atoms with E-state index >= 15 is 0 Å². The van der Waals surface area contributed by atoms with Crippen molar-refractivity contribution in [3.8, 4) is 33.6 Å². The van der Waals surface area contributed by atoms with Gasteiger partial charge in [-0.05, 0) is 35.5 Å². The minimum absolute atomic E-state index is 0.454. The lowest BCUT2D eigenvalue weighted by molar-refractivity contribution is 1.12. The molecule has 126 valence electrons. The van der Waals surface area contributed by atoms with Gasteiger partial charge in [0.25, 0.3) is 0 Å². The number of thiol groups is 1. The SMILES string of the molecule is S=c1ncc(-c2cnc(-c3ccc(-c4ccc(S)cc4)cc3)nc2)c[nH]1. The van der Waals surface area contributed by atoms with Crippen LogP contribution in [0.4, 0.5) is 0 Å². The van der Waals surface area contributed by atoms with Gasteiger partial charge < -0.3 is 4.98 Å². The van der Waals surface area contributed by atoms with Crippen LogP contribution in [0.25, 0.3) is 33.6 Å². The van der Waals surface area contributed by atoms with E-state index in [1.165, 1.54) is 0 Å². The number of benzene rings is 2. The first kappa shape index (κ1) is 16.6. The van der Waals surface area contributed by atoms with Crippen LogP contribution in [0.5, 0.6) is 0 Å². The number of H-pyrrole nitrogens is 1. The lowest BCUT2D eigenvalue weighted by atomic mass is 10.0. The highest BCUT2D eigenvalue weighted by Crippen LogP contribution is 2.24. The molecule has 6 heteroatoms. The van der Waals surface area contributed by atoms with Crippen molar-refractivity contribution >= 4 is 24.8 Å². The van der Waals surface area contributed by atoms with Crippen LogP contribution in [0.1, 0.15) is 0 Å². The highest BCUT2D eigenvalue weighted by molar-refractivity contribution is 7.80. The summed E-state index contributed by atoms with van der Waals surface area (Å²) in [7, 11) is 0. The number of aromatic amines is 1. The molecule has 0 radical (unpaired) electrons. The third-order valence-electron chi connectivity index (χ3n) is 4.00. The van der Waals surface area contributed by atoms with E-state index in [9.17, 15) is 0 Å². The van der Waals surface area contributed by atoms with Crippen molar-refractivity contribution < 1.29 is 0 Å². The predicted molar refractivity (Wildman–Crippen MR) is 109 cm³/mol. The average molecular weight is 374 g/mol. The van der Waals surface area contributed by atoms with Gasteiger partial charge in [-0.15, -0.1) is 12.6 Å². The quantitative estimate of drug-likeness (QED) is 0.381. The normalized spacial score (nSPS) is 10.7. The van der Waals surface area contributed by atoms with Gasteiger partial charge in [-0.2, -0.15) is 0 Å². The monoisotopic (exact) mass is 374 g/mol. The standard InChI is InChI=1S/C20H14N4S2/c25-18-7-5-14(6-8-18)13-1-3-15(4-2-13)19-21-9-16(10-22-19)17-11-23-20(26)24-12-17/h1-12,25H,(H,23,24,26). The fourth-order valence-electron chi connectivity index (χ4n) is 2.59. The molecule has 0 aliphatic rings. The Morgan fingerprint density at radius 2 is 1.19 bits per heavy atom. The number of nitrogens with one attached hydrogen (secondary N) is 1. The zero-order valence-electron chi connectivity index (χ0n) is 13.6. The van der Waals surface area contributed by atoms with E-state index in [2.05, 4.69) is 56.8 Å². The first-order valence-electron chi connectivity index (χ1n) is 7.96. The largest absolute Gasteiger partial charge is 0.337 e. The molecule has 4 aromatic rings. The summed E-state index contributed by atoms with van der Waals surface area (Å²) in [5.74, 6) is 0.683. The summed E-state index contributed by atoms with van der Waals surface area (Å²) in [6.45, 7) is 0. The van der Waals surface area contributed by atoms with Gasteiger partial charge >= 0.3 is 0 Å². The molecule has 26 heavy (non-hydrogen) atoms. The molecule has 4 rings (SSSR count). The molecule has 2 aromatic heterocycles. The van der Waals surface area contributed by atoms with E-state index in [-0.39, 0.29) is 0 Å². The van der Waals surface area contributed by atoms with E-state index in [1.54, 1.807) is 24.8 Å². The number of nitrogens with zero attached hydrogens (tertiary/aromatic N) is 3. The maximum Gasteiger partial charge on any atom is 0.196 e. The van der Waals surface area contributed by atoms with Gasteiger partial charge in [0.05, 0.1) is 0 Å². The van der Waals surface area contributed by atoms with Gasteiger partial charge in [0, 0.05) is 46.4 Å². The minimum Gasteiger partial charge on any atom is -0.337 e. The zero-order chi connectivity index (χ0) is 17.9. The Balaban J connectivity index is 1.58. The minimum atomic E-state index is 0.454. The van der Waals surface area contributed by atoms with Crippen LogP contribution in [0.15, 0.2) is 78.2 Å². The molecule has 0 fully saturated rings. The van der Waals surface area contributed by atoms with Crippen LogP contribution in [-0.2, 0) is 0 Å². The number of hydrogen-bond donors (Lipinski definition) is 2. The van der Waals surface area contributed by atoms with Gasteiger partial charge in [0.1, 0.15) is 0 Å². The maximum absolute atomic E-state index is 4.96. The van der Waals surface area contributed by atoms with Crippen LogP contribution < -0.4 is 0 Å². The topological polar surface area (TPSA) is 54.5 Å². The Hall–Kier alpha value is -2.83. The van der Waals surface area contributed by atoms with E-state index < -0.39 is 0 Å². The molecule has 0 saturated heterocycles. The molecule has 0 spiro atoms. The highest BCUT2D eigenvalue weighted by Gasteiger charge is 2.05. The zero-order valence-corrected chi connectivity index (χ0v) is 15.3. The summed E-state index contributed by atoms with van der Waals surface area (Å²) in [6, 6.07) is 16.3. The van der Waals surface area contributed by atoms with Crippen LogP contribution in [0, 0.1) is 4.77 Å². The summed E-state index contributed by atoms with van der Waals surface area (Å²) in [5.41, 5.74) is 5.05. The average Bonchev–Trinajstić information content (AvgIpc) is 2.70. The van der Waals surface area contributed by atoms with Crippen molar-refractivity contribution in [3.63, 3.8) is 0 Å². The number of rotatable bonds is 3. The highest BCUT2D eigenvalue weighted by atomic mass is 32.1. The van der Waals surface area contributed by atoms with E-state index in [0.29, 0.717) is 10.6 Å². The van der Waals surface area contributed by atoms with Crippen LogP contribution in [0.3, 0.4) is 0 Å².